The van der Waals surface area contributed by atoms with E-state index < -0.39 is 0 Å². The number of amides is 2. The fourth-order valence-corrected chi connectivity index (χ4v) is 3.23. The Labute approximate surface area is 154 Å². The van der Waals surface area contributed by atoms with E-state index in [9.17, 15) is 9.59 Å². The van der Waals surface area contributed by atoms with Crippen LogP contribution in [0, 0.1) is 0 Å². The van der Waals surface area contributed by atoms with Crippen LogP contribution >= 0.6 is 0 Å². The van der Waals surface area contributed by atoms with Crippen molar-refractivity contribution in [3.8, 4) is 5.75 Å². The molecule has 0 aromatic heterocycles. The van der Waals surface area contributed by atoms with Crippen molar-refractivity contribution in [1.82, 2.24) is 14.7 Å². The third kappa shape index (κ3) is 4.95. The van der Waals surface area contributed by atoms with Crippen molar-refractivity contribution < 1.29 is 19.1 Å². The Hall–Kier alpha value is -2.12. The van der Waals surface area contributed by atoms with Crippen molar-refractivity contribution in [2.45, 2.75) is 19.4 Å². The predicted octanol–water partition coefficient (Wildman–Crippen LogP) is 1.44. The van der Waals surface area contributed by atoms with Gasteiger partial charge in [0, 0.05) is 39.3 Å². The van der Waals surface area contributed by atoms with Crippen molar-refractivity contribution in [3.63, 3.8) is 0 Å². The van der Waals surface area contributed by atoms with Gasteiger partial charge < -0.3 is 19.3 Å². The molecule has 1 aromatic rings. The highest BCUT2D eigenvalue weighted by molar-refractivity contribution is 5.78. The minimum Gasteiger partial charge on any atom is -0.410 e. The summed E-state index contributed by atoms with van der Waals surface area (Å²) in [6.45, 7) is 6.93. The normalized spacial score (nSPS) is 21.5. The maximum atomic E-state index is 12.5. The summed E-state index contributed by atoms with van der Waals surface area (Å²) in [5.74, 6) is 0.694. The van der Waals surface area contributed by atoms with Gasteiger partial charge in [0.15, 0.2) is 0 Å². The average molecular weight is 361 g/mol. The van der Waals surface area contributed by atoms with Crippen LogP contribution in [0.15, 0.2) is 30.3 Å². The van der Waals surface area contributed by atoms with Gasteiger partial charge in [-0.2, -0.15) is 0 Å². The van der Waals surface area contributed by atoms with E-state index in [1.165, 1.54) is 0 Å². The molecule has 0 aliphatic carbocycles. The van der Waals surface area contributed by atoms with Crippen LogP contribution in [0.1, 0.15) is 13.3 Å². The molecule has 26 heavy (non-hydrogen) atoms. The van der Waals surface area contributed by atoms with Crippen LogP contribution in [-0.4, -0.2) is 85.2 Å². The Morgan fingerprint density at radius 3 is 2.50 bits per heavy atom. The molecule has 2 heterocycles. The lowest BCUT2D eigenvalue weighted by Crippen LogP contribution is -2.54. The van der Waals surface area contributed by atoms with Gasteiger partial charge in [-0.1, -0.05) is 25.1 Å². The van der Waals surface area contributed by atoms with Crippen LogP contribution in [0.25, 0.3) is 0 Å². The Morgan fingerprint density at radius 2 is 1.81 bits per heavy atom. The summed E-state index contributed by atoms with van der Waals surface area (Å²) < 4.78 is 11.0. The van der Waals surface area contributed by atoms with Crippen molar-refractivity contribution in [3.05, 3.63) is 30.3 Å². The van der Waals surface area contributed by atoms with Crippen LogP contribution in [-0.2, 0) is 9.53 Å². The quantitative estimate of drug-likeness (QED) is 0.812. The summed E-state index contributed by atoms with van der Waals surface area (Å²) in [5, 5.41) is 0. The van der Waals surface area contributed by atoms with Gasteiger partial charge in [0.25, 0.3) is 0 Å². The molecular weight excluding hydrogens is 334 g/mol. The van der Waals surface area contributed by atoms with Crippen molar-refractivity contribution in [2.75, 3.05) is 52.4 Å². The molecule has 2 aliphatic rings. The minimum atomic E-state index is -0.332. The topological polar surface area (TPSA) is 62.3 Å². The van der Waals surface area contributed by atoms with Gasteiger partial charge in [-0.25, -0.2) is 4.79 Å². The number of hydrogen-bond donors (Lipinski definition) is 0. The smallest absolute Gasteiger partial charge is 0.410 e. The molecule has 142 valence electrons. The summed E-state index contributed by atoms with van der Waals surface area (Å²) in [6, 6.07) is 9.07. The maximum absolute atomic E-state index is 12.5. The Morgan fingerprint density at radius 1 is 1.08 bits per heavy atom. The lowest BCUT2D eigenvalue weighted by molar-refractivity contribution is -0.140. The molecule has 0 saturated carbocycles. The third-order valence-electron chi connectivity index (χ3n) is 4.88. The Bertz CT molecular complexity index is 602. The van der Waals surface area contributed by atoms with E-state index >= 15 is 0 Å². The highest BCUT2D eigenvalue weighted by Gasteiger charge is 2.27. The molecule has 2 fully saturated rings. The molecule has 2 aliphatic heterocycles. The number of para-hydroxylation sites is 1. The van der Waals surface area contributed by atoms with E-state index in [0.29, 0.717) is 58.2 Å². The molecule has 2 saturated heterocycles. The second-order valence-electron chi connectivity index (χ2n) is 6.69. The second-order valence-corrected chi connectivity index (χ2v) is 6.69. The monoisotopic (exact) mass is 361 g/mol. The lowest BCUT2D eigenvalue weighted by Gasteiger charge is -2.36. The molecular formula is C19H27N3O4. The second kappa shape index (κ2) is 9.00. The predicted molar refractivity (Wildman–Crippen MR) is 97.1 cm³/mol. The molecule has 0 N–H and O–H groups in total. The molecule has 2 amide bonds. The largest absolute Gasteiger partial charge is 0.415 e. The standard InChI is InChI=1S/C19H27N3O4/c1-2-16-14-22(12-13-25-16)18(23)15-20-8-10-21(11-9-20)19(24)26-17-6-4-3-5-7-17/h3-7,16H,2,8-15H2,1H3. The van der Waals surface area contributed by atoms with Gasteiger partial charge in [0.1, 0.15) is 5.75 Å². The van der Waals surface area contributed by atoms with Gasteiger partial charge in [-0.3, -0.25) is 9.69 Å². The van der Waals surface area contributed by atoms with Gasteiger partial charge in [0.05, 0.1) is 19.3 Å². The SMILES string of the molecule is CCC1CN(C(=O)CN2CCN(C(=O)Oc3ccccc3)CC2)CCO1. The molecule has 1 aromatic carbocycles. The fraction of sp³-hybridized carbons (Fsp3) is 0.579. The molecule has 0 radical (unpaired) electrons. The van der Waals surface area contributed by atoms with Crippen LogP contribution in [0.2, 0.25) is 0 Å². The summed E-state index contributed by atoms with van der Waals surface area (Å²) in [6.07, 6.45) is 0.741. The first-order valence-electron chi connectivity index (χ1n) is 9.29. The molecule has 3 rings (SSSR count). The number of carbonyl (C=O) groups is 2. The van der Waals surface area contributed by atoms with Gasteiger partial charge in [-0.05, 0) is 18.6 Å². The molecule has 0 spiro atoms. The van der Waals surface area contributed by atoms with Crippen LogP contribution < -0.4 is 4.74 Å². The van der Waals surface area contributed by atoms with Crippen molar-refractivity contribution in [2.24, 2.45) is 0 Å². The average Bonchev–Trinajstić information content (AvgIpc) is 2.69. The van der Waals surface area contributed by atoms with Crippen molar-refractivity contribution in [1.29, 1.82) is 0 Å². The molecule has 1 unspecified atom stereocenters. The fourth-order valence-electron chi connectivity index (χ4n) is 3.23. The summed E-state index contributed by atoms with van der Waals surface area (Å²) >= 11 is 0. The number of nitrogens with zero attached hydrogens (tertiary/aromatic N) is 3. The Balaban J connectivity index is 1.42. The number of ether oxygens (including phenoxy) is 2. The third-order valence-corrected chi connectivity index (χ3v) is 4.88. The first-order valence-corrected chi connectivity index (χ1v) is 9.29. The van der Waals surface area contributed by atoms with E-state index in [4.69, 9.17) is 9.47 Å². The summed E-state index contributed by atoms with van der Waals surface area (Å²) in [7, 11) is 0. The number of hydrogen-bond acceptors (Lipinski definition) is 5. The lowest BCUT2D eigenvalue weighted by atomic mass is 10.2. The molecule has 7 nitrogen and oxygen atoms in total. The highest BCUT2D eigenvalue weighted by Crippen LogP contribution is 2.13. The molecule has 1 atom stereocenters. The molecule has 7 heteroatoms. The summed E-state index contributed by atoms with van der Waals surface area (Å²) in [4.78, 5) is 30.4. The van der Waals surface area contributed by atoms with E-state index in [1.54, 1.807) is 17.0 Å². The number of rotatable bonds is 4. The zero-order valence-electron chi connectivity index (χ0n) is 15.3. The number of morpholine rings is 1. The van der Waals surface area contributed by atoms with Crippen molar-refractivity contribution >= 4 is 12.0 Å². The van der Waals surface area contributed by atoms with E-state index in [1.807, 2.05) is 23.1 Å². The van der Waals surface area contributed by atoms with Gasteiger partial charge >= 0.3 is 6.09 Å². The first-order chi connectivity index (χ1) is 12.7. The zero-order valence-corrected chi connectivity index (χ0v) is 15.3. The number of piperazine rings is 1. The highest BCUT2D eigenvalue weighted by atomic mass is 16.6. The van der Waals surface area contributed by atoms with Crippen LogP contribution in [0.3, 0.4) is 0 Å². The molecule has 0 bridgehead atoms. The van der Waals surface area contributed by atoms with Crippen LogP contribution in [0.5, 0.6) is 5.75 Å². The van der Waals surface area contributed by atoms with Gasteiger partial charge in [0.2, 0.25) is 5.91 Å². The van der Waals surface area contributed by atoms with Gasteiger partial charge in [-0.15, -0.1) is 0 Å². The zero-order chi connectivity index (χ0) is 18.4. The Kier molecular flexibility index (Phi) is 6.46. The van der Waals surface area contributed by atoms with E-state index in [2.05, 4.69) is 11.8 Å². The van der Waals surface area contributed by atoms with E-state index in [0.717, 1.165) is 6.42 Å². The van der Waals surface area contributed by atoms with Crippen LogP contribution in [0.4, 0.5) is 4.79 Å². The number of benzene rings is 1. The maximum Gasteiger partial charge on any atom is 0.415 e. The minimum absolute atomic E-state index is 0.145. The summed E-state index contributed by atoms with van der Waals surface area (Å²) in [5.41, 5.74) is 0. The first kappa shape index (κ1) is 18.7. The van der Waals surface area contributed by atoms with E-state index in [-0.39, 0.29) is 18.1 Å². The number of carbonyl (C=O) groups excluding carboxylic acids is 2.